The van der Waals surface area contributed by atoms with Gasteiger partial charge in [-0.05, 0) is 30.5 Å². The van der Waals surface area contributed by atoms with Gasteiger partial charge in [-0.1, -0.05) is 18.2 Å². The molecule has 0 aliphatic heterocycles. The van der Waals surface area contributed by atoms with Crippen molar-refractivity contribution in [2.24, 2.45) is 0 Å². The average molecular weight is 300 g/mol. The highest BCUT2D eigenvalue weighted by atomic mass is 32.2. The SMILES string of the molecule is CSc1ccccc1-n1c(=O)[nH]c2c(C(=O)O)cccc21. The number of nitrogens with one attached hydrogen (secondary N) is 1. The minimum atomic E-state index is -1.06. The number of hydrogen-bond acceptors (Lipinski definition) is 3. The zero-order valence-electron chi connectivity index (χ0n) is 11.2. The summed E-state index contributed by atoms with van der Waals surface area (Å²) in [5.74, 6) is -1.06. The van der Waals surface area contributed by atoms with E-state index in [9.17, 15) is 14.7 Å². The van der Waals surface area contributed by atoms with Gasteiger partial charge in [-0.2, -0.15) is 0 Å². The topological polar surface area (TPSA) is 75.1 Å². The van der Waals surface area contributed by atoms with Gasteiger partial charge in [-0.15, -0.1) is 11.8 Å². The number of benzene rings is 2. The summed E-state index contributed by atoms with van der Waals surface area (Å²) in [6.45, 7) is 0. The van der Waals surface area contributed by atoms with Crippen molar-refractivity contribution < 1.29 is 9.90 Å². The lowest BCUT2D eigenvalue weighted by atomic mass is 10.2. The Kier molecular flexibility index (Phi) is 3.31. The van der Waals surface area contributed by atoms with E-state index in [0.717, 1.165) is 10.6 Å². The number of fused-ring (bicyclic) bond motifs is 1. The molecule has 0 saturated heterocycles. The molecule has 0 saturated carbocycles. The third-order valence-corrected chi connectivity index (χ3v) is 4.06. The molecule has 0 spiro atoms. The van der Waals surface area contributed by atoms with Crippen LogP contribution in [0.2, 0.25) is 0 Å². The fraction of sp³-hybridized carbons (Fsp3) is 0.0667. The Morgan fingerprint density at radius 3 is 2.67 bits per heavy atom. The lowest BCUT2D eigenvalue weighted by Crippen LogP contribution is -2.15. The minimum absolute atomic E-state index is 0.0879. The van der Waals surface area contributed by atoms with Crippen molar-refractivity contribution in [1.82, 2.24) is 9.55 Å². The van der Waals surface area contributed by atoms with Gasteiger partial charge >= 0.3 is 11.7 Å². The standard InChI is InChI=1S/C15H12N2O3S/c1-21-12-8-3-2-6-10(12)17-11-7-4-5-9(14(18)19)13(11)16-15(17)20/h2-8H,1H3,(H,16,20)(H,18,19). The van der Waals surface area contributed by atoms with Gasteiger partial charge in [0, 0.05) is 4.90 Å². The number of aromatic nitrogens is 2. The Bertz CT molecular complexity index is 895. The first-order valence-electron chi connectivity index (χ1n) is 6.24. The third kappa shape index (κ3) is 2.13. The molecule has 0 amide bonds. The quantitative estimate of drug-likeness (QED) is 0.729. The summed E-state index contributed by atoms with van der Waals surface area (Å²) in [6, 6.07) is 12.4. The fourth-order valence-corrected chi connectivity index (χ4v) is 2.95. The zero-order chi connectivity index (χ0) is 15.0. The third-order valence-electron chi connectivity index (χ3n) is 3.27. The second kappa shape index (κ2) is 5.14. The van der Waals surface area contributed by atoms with Crippen molar-refractivity contribution in [3.05, 3.63) is 58.5 Å². The van der Waals surface area contributed by atoms with Crippen LogP contribution in [0.5, 0.6) is 0 Å². The number of aromatic carboxylic acids is 1. The van der Waals surface area contributed by atoms with Crippen LogP contribution >= 0.6 is 11.8 Å². The summed E-state index contributed by atoms with van der Waals surface area (Å²) in [5.41, 5.74) is 1.38. The monoisotopic (exact) mass is 300 g/mol. The number of carboxylic acids is 1. The summed E-state index contributed by atoms with van der Waals surface area (Å²) in [4.78, 5) is 27.1. The fourth-order valence-electron chi connectivity index (χ4n) is 2.36. The highest BCUT2D eigenvalue weighted by molar-refractivity contribution is 7.98. The van der Waals surface area contributed by atoms with E-state index in [2.05, 4.69) is 4.98 Å². The Balaban J connectivity index is 2.39. The van der Waals surface area contributed by atoms with Crippen LogP contribution in [0.15, 0.2) is 52.2 Å². The van der Waals surface area contributed by atoms with Crippen LogP contribution in [0.4, 0.5) is 0 Å². The molecule has 0 bridgehead atoms. The van der Waals surface area contributed by atoms with E-state index in [1.807, 2.05) is 30.5 Å². The molecule has 2 N–H and O–H groups in total. The van der Waals surface area contributed by atoms with Crippen molar-refractivity contribution in [2.45, 2.75) is 4.90 Å². The van der Waals surface area contributed by atoms with E-state index in [1.54, 1.807) is 12.1 Å². The van der Waals surface area contributed by atoms with Crippen molar-refractivity contribution in [2.75, 3.05) is 6.26 Å². The Hall–Kier alpha value is -2.47. The first-order valence-corrected chi connectivity index (χ1v) is 7.46. The second-order valence-corrected chi connectivity index (χ2v) is 5.29. The van der Waals surface area contributed by atoms with Gasteiger partial charge in [-0.25, -0.2) is 9.59 Å². The van der Waals surface area contributed by atoms with Gasteiger partial charge in [0.15, 0.2) is 0 Å². The van der Waals surface area contributed by atoms with Crippen LogP contribution in [0.3, 0.4) is 0 Å². The van der Waals surface area contributed by atoms with Crippen LogP contribution in [0, 0.1) is 0 Å². The lowest BCUT2D eigenvalue weighted by Gasteiger charge is -2.08. The maximum Gasteiger partial charge on any atom is 0.337 e. The van der Waals surface area contributed by atoms with Gasteiger partial charge in [0.2, 0.25) is 0 Å². The van der Waals surface area contributed by atoms with Gasteiger partial charge in [0.1, 0.15) is 0 Å². The number of carboxylic acid groups (broad SMARTS) is 1. The summed E-state index contributed by atoms with van der Waals surface area (Å²) in [6.07, 6.45) is 1.93. The molecule has 106 valence electrons. The van der Waals surface area contributed by atoms with E-state index >= 15 is 0 Å². The summed E-state index contributed by atoms with van der Waals surface area (Å²) in [7, 11) is 0. The Morgan fingerprint density at radius 2 is 1.95 bits per heavy atom. The molecular formula is C15H12N2O3S. The lowest BCUT2D eigenvalue weighted by molar-refractivity contribution is 0.0699. The number of aromatic amines is 1. The van der Waals surface area contributed by atoms with Crippen LogP contribution in [-0.2, 0) is 0 Å². The molecule has 3 aromatic rings. The number of hydrogen-bond donors (Lipinski definition) is 2. The minimum Gasteiger partial charge on any atom is -0.478 e. The van der Waals surface area contributed by atoms with Crippen molar-refractivity contribution in [3.63, 3.8) is 0 Å². The summed E-state index contributed by atoms with van der Waals surface area (Å²) in [5, 5.41) is 9.22. The predicted molar refractivity (Wildman–Crippen MR) is 82.6 cm³/mol. The Morgan fingerprint density at radius 1 is 1.19 bits per heavy atom. The maximum absolute atomic E-state index is 12.3. The number of H-pyrrole nitrogens is 1. The summed E-state index contributed by atoms with van der Waals surface area (Å²) >= 11 is 1.53. The average Bonchev–Trinajstić information content (AvgIpc) is 2.82. The van der Waals surface area contributed by atoms with Gasteiger partial charge in [0.25, 0.3) is 0 Å². The molecule has 21 heavy (non-hydrogen) atoms. The molecule has 1 aromatic heterocycles. The first-order chi connectivity index (χ1) is 10.1. The number of thioether (sulfide) groups is 1. The van der Waals surface area contributed by atoms with E-state index in [0.29, 0.717) is 11.0 Å². The molecule has 0 aliphatic rings. The molecular weight excluding hydrogens is 288 g/mol. The zero-order valence-corrected chi connectivity index (χ0v) is 12.0. The van der Waals surface area contributed by atoms with Crippen molar-refractivity contribution in [1.29, 1.82) is 0 Å². The van der Waals surface area contributed by atoms with Crippen LogP contribution in [-0.4, -0.2) is 26.9 Å². The van der Waals surface area contributed by atoms with Gasteiger partial charge < -0.3 is 10.1 Å². The molecule has 0 fully saturated rings. The second-order valence-electron chi connectivity index (χ2n) is 4.44. The molecule has 3 rings (SSSR count). The normalized spacial score (nSPS) is 10.9. The van der Waals surface area contributed by atoms with Gasteiger partial charge in [0.05, 0.1) is 22.3 Å². The van der Waals surface area contributed by atoms with E-state index in [1.165, 1.54) is 22.4 Å². The van der Waals surface area contributed by atoms with Gasteiger partial charge in [-0.3, -0.25) is 4.57 Å². The number of rotatable bonds is 3. The highest BCUT2D eigenvalue weighted by Crippen LogP contribution is 2.26. The number of carbonyl (C=O) groups is 1. The largest absolute Gasteiger partial charge is 0.478 e. The maximum atomic E-state index is 12.3. The number of imidazole rings is 1. The number of para-hydroxylation sites is 2. The molecule has 6 heteroatoms. The molecule has 0 radical (unpaired) electrons. The van der Waals surface area contributed by atoms with Crippen LogP contribution in [0.1, 0.15) is 10.4 Å². The summed E-state index contributed by atoms with van der Waals surface area (Å²) < 4.78 is 1.51. The Labute approximate surface area is 124 Å². The molecule has 0 atom stereocenters. The number of nitrogens with zero attached hydrogens (tertiary/aromatic N) is 1. The first kappa shape index (κ1) is 13.5. The predicted octanol–water partition coefficient (Wildman–Crippen LogP) is 2.74. The molecule has 0 unspecified atom stereocenters. The molecule has 1 heterocycles. The van der Waals surface area contributed by atoms with Crippen LogP contribution < -0.4 is 5.69 Å². The van der Waals surface area contributed by atoms with Crippen molar-refractivity contribution in [3.8, 4) is 5.69 Å². The van der Waals surface area contributed by atoms with Crippen LogP contribution in [0.25, 0.3) is 16.7 Å². The van der Waals surface area contributed by atoms with E-state index < -0.39 is 5.97 Å². The molecule has 0 aliphatic carbocycles. The van der Waals surface area contributed by atoms with E-state index in [4.69, 9.17) is 0 Å². The van der Waals surface area contributed by atoms with E-state index in [-0.39, 0.29) is 11.3 Å². The molecule has 5 nitrogen and oxygen atoms in total. The highest BCUT2D eigenvalue weighted by Gasteiger charge is 2.16. The van der Waals surface area contributed by atoms with Crippen molar-refractivity contribution >= 4 is 28.8 Å². The smallest absolute Gasteiger partial charge is 0.337 e. The molecule has 2 aromatic carbocycles.